The number of nitriles is 1. The molecule has 1 unspecified atom stereocenters. The van der Waals surface area contributed by atoms with E-state index in [9.17, 15) is 10.4 Å². The molecule has 9 nitrogen and oxygen atoms in total. The van der Waals surface area contributed by atoms with E-state index in [1.54, 1.807) is 15.4 Å². The smallest absolute Gasteiger partial charge is 0.128 e. The summed E-state index contributed by atoms with van der Waals surface area (Å²) >= 11 is 0. The monoisotopic (exact) mass is 470 g/mol. The highest BCUT2D eigenvalue weighted by molar-refractivity contribution is 5.87. The number of β-amino-alcohol motifs (C(OH)–C–C–N with tert-alkyl or cyclic N) is 1. The molecule has 35 heavy (non-hydrogen) atoms. The van der Waals surface area contributed by atoms with Crippen molar-refractivity contribution in [2.75, 3.05) is 37.6 Å². The van der Waals surface area contributed by atoms with E-state index in [1.165, 1.54) is 0 Å². The predicted octanol–water partition coefficient (Wildman–Crippen LogP) is 2.81. The van der Waals surface area contributed by atoms with Crippen LogP contribution in [-0.4, -0.2) is 73.2 Å². The Morgan fingerprint density at radius 1 is 1.00 bits per heavy atom. The highest BCUT2D eigenvalue weighted by Crippen LogP contribution is 2.32. The number of hydrogen-bond acceptors (Lipinski definition) is 7. The Hall–Kier alpha value is -3.74. The minimum absolute atomic E-state index is 0.266. The number of nitrogens with zero attached hydrogens (tertiary/aromatic N) is 8. The third kappa shape index (κ3) is 4.63. The van der Waals surface area contributed by atoms with E-state index in [1.807, 2.05) is 37.9 Å². The molecular weight excluding hydrogens is 440 g/mol. The Kier molecular flexibility index (Phi) is 6.24. The average Bonchev–Trinajstić information content (AvgIpc) is 3.50. The fourth-order valence-electron chi connectivity index (χ4n) is 4.52. The first-order chi connectivity index (χ1) is 16.9. The minimum atomic E-state index is -0.292. The molecule has 0 bridgehead atoms. The van der Waals surface area contributed by atoms with E-state index in [-0.39, 0.29) is 12.0 Å². The number of fused-ring (bicyclic) bond motifs is 1. The molecule has 1 N–H and O–H groups in total. The molecule has 1 aliphatic heterocycles. The summed E-state index contributed by atoms with van der Waals surface area (Å²) in [5, 5.41) is 28.5. The molecule has 4 aromatic rings. The van der Waals surface area contributed by atoms with Crippen LogP contribution in [0.25, 0.3) is 27.8 Å². The number of pyridine rings is 2. The Balaban J connectivity index is 1.40. The summed E-state index contributed by atoms with van der Waals surface area (Å²) in [7, 11) is 1.89. The van der Waals surface area contributed by atoms with Gasteiger partial charge in [0.2, 0.25) is 0 Å². The van der Waals surface area contributed by atoms with Gasteiger partial charge in [-0.1, -0.05) is 13.8 Å². The van der Waals surface area contributed by atoms with E-state index in [0.29, 0.717) is 12.1 Å². The standard InChI is InChI=1S/C26H30N8O/c1-18(2)24(35)17-32-6-8-33(9-7-32)25-5-4-19(12-28-25)23-10-20(22-14-29-31(3)15-22)16-34-26(23)21(11-27)13-30-34/h4-5,10,12-16,18,24,35H,6-9,17H2,1-3H3. The summed E-state index contributed by atoms with van der Waals surface area (Å²) in [4.78, 5) is 9.37. The second-order valence-corrected chi connectivity index (χ2v) is 9.51. The first-order valence-corrected chi connectivity index (χ1v) is 11.9. The lowest BCUT2D eigenvalue weighted by Crippen LogP contribution is -2.49. The predicted molar refractivity (Wildman–Crippen MR) is 135 cm³/mol. The zero-order valence-corrected chi connectivity index (χ0v) is 20.3. The van der Waals surface area contributed by atoms with Crippen LogP contribution in [0.5, 0.6) is 0 Å². The second-order valence-electron chi connectivity index (χ2n) is 9.51. The van der Waals surface area contributed by atoms with Crippen molar-refractivity contribution in [2.24, 2.45) is 13.0 Å². The molecule has 5 heterocycles. The van der Waals surface area contributed by atoms with Crippen molar-refractivity contribution in [3.63, 3.8) is 0 Å². The van der Waals surface area contributed by atoms with Crippen LogP contribution in [0.3, 0.4) is 0 Å². The molecule has 0 radical (unpaired) electrons. The summed E-state index contributed by atoms with van der Waals surface area (Å²) in [6.45, 7) is 8.38. The molecule has 4 aromatic heterocycles. The summed E-state index contributed by atoms with van der Waals surface area (Å²) in [6, 6.07) is 8.44. The second kappa shape index (κ2) is 9.49. The summed E-state index contributed by atoms with van der Waals surface area (Å²) in [5.74, 6) is 1.20. The van der Waals surface area contributed by atoms with Crippen molar-refractivity contribution in [1.29, 1.82) is 5.26 Å². The van der Waals surface area contributed by atoms with Gasteiger partial charge >= 0.3 is 0 Å². The maximum absolute atomic E-state index is 10.2. The molecule has 0 spiro atoms. The lowest BCUT2D eigenvalue weighted by molar-refractivity contribution is 0.0739. The topological polar surface area (TPSA) is 98.5 Å². The van der Waals surface area contributed by atoms with Gasteiger partial charge in [-0.2, -0.15) is 15.5 Å². The average molecular weight is 471 g/mol. The van der Waals surface area contributed by atoms with Crippen LogP contribution in [0.1, 0.15) is 19.4 Å². The number of aromatic nitrogens is 5. The Morgan fingerprint density at radius 2 is 1.80 bits per heavy atom. The van der Waals surface area contributed by atoms with E-state index in [4.69, 9.17) is 4.98 Å². The molecule has 0 amide bonds. The van der Waals surface area contributed by atoms with Gasteiger partial charge in [-0.05, 0) is 24.1 Å². The van der Waals surface area contributed by atoms with Crippen molar-refractivity contribution < 1.29 is 5.11 Å². The molecule has 1 fully saturated rings. The lowest BCUT2D eigenvalue weighted by Gasteiger charge is -2.36. The van der Waals surface area contributed by atoms with E-state index >= 15 is 0 Å². The van der Waals surface area contributed by atoms with Crippen LogP contribution >= 0.6 is 0 Å². The van der Waals surface area contributed by atoms with Crippen LogP contribution < -0.4 is 4.90 Å². The van der Waals surface area contributed by atoms with Crippen molar-refractivity contribution >= 4 is 11.3 Å². The van der Waals surface area contributed by atoms with Crippen LogP contribution in [-0.2, 0) is 7.05 Å². The lowest BCUT2D eigenvalue weighted by atomic mass is 10.0. The first-order valence-electron chi connectivity index (χ1n) is 11.9. The van der Waals surface area contributed by atoms with Gasteiger partial charge in [-0.15, -0.1) is 0 Å². The van der Waals surface area contributed by atoms with Crippen molar-refractivity contribution in [3.8, 4) is 28.3 Å². The maximum atomic E-state index is 10.2. The zero-order chi connectivity index (χ0) is 24.5. The number of piperazine rings is 1. The summed E-state index contributed by atoms with van der Waals surface area (Å²) < 4.78 is 3.53. The van der Waals surface area contributed by atoms with Gasteiger partial charge in [-0.3, -0.25) is 9.58 Å². The molecule has 0 saturated carbocycles. The van der Waals surface area contributed by atoms with Gasteiger partial charge in [0.15, 0.2) is 0 Å². The molecule has 0 aliphatic carbocycles. The molecular formula is C26H30N8O. The van der Waals surface area contributed by atoms with Gasteiger partial charge in [-0.25, -0.2) is 9.50 Å². The third-order valence-corrected chi connectivity index (χ3v) is 6.74. The highest BCUT2D eigenvalue weighted by Gasteiger charge is 2.22. The Morgan fingerprint density at radius 3 is 2.43 bits per heavy atom. The van der Waals surface area contributed by atoms with Gasteiger partial charge < -0.3 is 10.0 Å². The number of aliphatic hydroxyl groups excluding tert-OH is 1. The quantitative estimate of drug-likeness (QED) is 0.463. The molecule has 1 atom stereocenters. The third-order valence-electron chi connectivity index (χ3n) is 6.74. The normalized spacial score (nSPS) is 15.6. The maximum Gasteiger partial charge on any atom is 0.128 e. The van der Waals surface area contributed by atoms with Gasteiger partial charge in [0, 0.05) is 80.6 Å². The van der Waals surface area contributed by atoms with Crippen LogP contribution in [0.15, 0.2) is 49.2 Å². The van der Waals surface area contributed by atoms with Crippen molar-refractivity contribution in [2.45, 2.75) is 20.0 Å². The van der Waals surface area contributed by atoms with Gasteiger partial charge in [0.05, 0.1) is 29.6 Å². The fourth-order valence-corrected chi connectivity index (χ4v) is 4.52. The van der Waals surface area contributed by atoms with Crippen molar-refractivity contribution in [3.05, 3.63) is 54.7 Å². The Bertz CT molecular complexity index is 1360. The van der Waals surface area contributed by atoms with Gasteiger partial charge in [0.1, 0.15) is 11.9 Å². The first kappa shape index (κ1) is 23.0. The minimum Gasteiger partial charge on any atom is -0.392 e. The van der Waals surface area contributed by atoms with Crippen LogP contribution in [0.4, 0.5) is 5.82 Å². The molecule has 5 rings (SSSR count). The number of hydrogen-bond donors (Lipinski definition) is 1. The van der Waals surface area contributed by atoms with E-state index < -0.39 is 0 Å². The molecule has 9 heteroatoms. The summed E-state index contributed by atoms with van der Waals surface area (Å²) in [6.07, 6.45) is 8.89. The van der Waals surface area contributed by atoms with E-state index in [0.717, 1.165) is 59.8 Å². The number of aliphatic hydroxyl groups is 1. The zero-order valence-electron chi connectivity index (χ0n) is 20.3. The van der Waals surface area contributed by atoms with Crippen LogP contribution in [0, 0.1) is 17.2 Å². The highest BCUT2D eigenvalue weighted by atomic mass is 16.3. The molecule has 0 aromatic carbocycles. The van der Waals surface area contributed by atoms with E-state index in [2.05, 4.69) is 52.0 Å². The van der Waals surface area contributed by atoms with Gasteiger partial charge in [0.25, 0.3) is 0 Å². The fraction of sp³-hybridized carbons (Fsp3) is 0.385. The SMILES string of the molecule is CC(C)C(O)CN1CCN(c2ccc(-c3cc(-c4cnn(C)c4)cn4ncc(C#N)c34)cn2)CC1. The number of anilines is 1. The van der Waals surface area contributed by atoms with Crippen LogP contribution in [0.2, 0.25) is 0 Å². The molecule has 180 valence electrons. The Labute approximate surface area is 204 Å². The van der Waals surface area contributed by atoms with Crippen molar-refractivity contribution in [1.82, 2.24) is 29.3 Å². The number of aryl methyl sites for hydroxylation is 1. The molecule has 1 aliphatic rings. The summed E-state index contributed by atoms with van der Waals surface area (Å²) in [5.41, 5.74) is 5.09. The number of rotatable bonds is 6. The largest absolute Gasteiger partial charge is 0.392 e. The molecule has 1 saturated heterocycles.